The third-order valence-electron chi connectivity index (χ3n) is 2.61. The second kappa shape index (κ2) is 2.95. The largest absolute Gasteiger partial charge is 0.502 e. The number of hydrogen-bond acceptors (Lipinski definition) is 1. The number of fused-ring (bicyclic) bond motifs is 3. The lowest BCUT2D eigenvalue weighted by molar-refractivity contribution is -0.482. The van der Waals surface area contributed by atoms with Gasteiger partial charge in [0.15, 0.2) is 11.9 Å². The van der Waals surface area contributed by atoms with Gasteiger partial charge < -0.3 is 5.11 Å². The van der Waals surface area contributed by atoms with E-state index in [-0.39, 0.29) is 0 Å². The maximum absolute atomic E-state index is 9.85. The van der Waals surface area contributed by atoms with E-state index < -0.39 is 0 Å². The molecule has 0 saturated carbocycles. The van der Waals surface area contributed by atoms with Gasteiger partial charge >= 0.3 is 0 Å². The van der Waals surface area contributed by atoms with Gasteiger partial charge in [0, 0.05) is 24.3 Å². The predicted octanol–water partition coefficient (Wildman–Crippen LogP) is 2.28. The van der Waals surface area contributed by atoms with Crippen molar-refractivity contribution >= 4 is 16.4 Å². The van der Waals surface area contributed by atoms with Gasteiger partial charge in [-0.15, -0.1) is 0 Å². The molecule has 0 aliphatic rings. The van der Waals surface area contributed by atoms with Crippen molar-refractivity contribution in [2.45, 2.75) is 0 Å². The second-order valence-corrected chi connectivity index (χ2v) is 3.54. The summed E-state index contributed by atoms with van der Waals surface area (Å²) in [5, 5.41) is 10.9. The van der Waals surface area contributed by atoms with Gasteiger partial charge in [-0.1, -0.05) is 12.1 Å². The Hall–Kier alpha value is -2.09. The van der Waals surface area contributed by atoms with E-state index in [0.29, 0.717) is 5.75 Å². The minimum absolute atomic E-state index is 0.314. The van der Waals surface area contributed by atoms with Gasteiger partial charge in [0.2, 0.25) is 5.52 Å². The van der Waals surface area contributed by atoms with Crippen LogP contribution in [0.2, 0.25) is 0 Å². The van der Waals surface area contributed by atoms with Gasteiger partial charge in [-0.2, -0.15) is 4.40 Å². The summed E-state index contributed by atoms with van der Waals surface area (Å²) in [5.41, 5.74) is 1.93. The lowest BCUT2D eigenvalue weighted by Gasteiger charge is -1.98. The van der Waals surface area contributed by atoms with Crippen molar-refractivity contribution in [1.82, 2.24) is 0 Å². The van der Waals surface area contributed by atoms with Gasteiger partial charge in [0.25, 0.3) is 5.52 Å². The van der Waals surface area contributed by atoms with Crippen LogP contribution >= 0.6 is 0 Å². The fourth-order valence-corrected chi connectivity index (χ4v) is 1.91. The van der Waals surface area contributed by atoms with Gasteiger partial charge in [0.1, 0.15) is 0 Å². The van der Waals surface area contributed by atoms with E-state index in [1.54, 1.807) is 6.07 Å². The van der Waals surface area contributed by atoms with E-state index in [4.69, 9.17) is 0 Å². The molecule has 0 saturated heterocycles. The molecule has 2 heterocycles. The third kappa shape index (κ3) is 1.15. The lowest BCUT2D eigenvalue weighted by atomic mass is 10.2. The molecule has 3 aromatic rings. The molecule has 0 atom stereocenters. The average molecular weight is 196 g/mol. The average Bonchev–Trinajstić information content (AvgIpc) is 2.30. The highest BCUT2D eigenvalue weighted by Gasteiger charge is 2.11. The number of benzene rings is 1. The molecule has 0 aliphatic heterocycles. The summed E-state index contributed by atoms with van der Waals surface area (Å²) in [6, 6.07) is 15.6. The number of rotatable bonds is 0. The Labute approximate surface area is 87.0 Å². The van der Waals surface area contributed by atoms with Crippen molar-refractivity contribution in [2.75, 3.05) is 0 Å². The molecule has 2 aromatic heterocycles. The summed E-state index contributed by atoms with van der Waals surface area (Å²) < 4.78 is 1.99. The van der Waals surface area contributed by atoms with Crippen LogP contribution in [-0.4, -0.2) is 5.11 Å². The molecule has 72 valence electrons. The van der Waals surface area contributed by atoms with Crippen molar-refractivity contribution in [3.05, 3.63) is 54.7 Å². The van der Waals surface area contributed by atoms with Crippen molar-refractivity contribution in [3.63, 3.8) is 0 Å². The van der Waals surface area contributed by atoms with Crippen molar-refractivity contribution < 1.29 is 9.51 Å². The number of para-hydroxylation sites is 1. The first-order valence-corrected chi connectivity index (χ1v) is 4.87. The predicted molar refractivity (Wildman–Crippen MR) is 58.8 cm³/mol. The van der Waals surface area contributed by atoms with Crippen LogP contribution in [0.15, 0.2) is 54.7 Å². The lowest BCUT2D eigenvalue weighted by Crippen LogP contribution is -2.21. The van der Waals surface area contributed by atoms with Crippen LogP contribution in [0.1, 0.15) is 0 Å². The standard InChI is InChI=1S/C13H9NO/c15-13-9-10-5-1-2-6-11(10)14-8-4-3-7-12(13)14/h1-9H/p+1. The fraction of sp³-hybridized carbons (Fsp3) is 0. The van der Waals surface area contributed by atoms with E-state index in [0.717, 1.165) is 16.4 Å². The Morgan fingerprint density at radius 3 is 2.53 bits per heavy atom. The van der Waals surface area contributed by atoms with Gasteiger partial charge in [-0.3, -0.25) is 0 Å². The van der Waals surface area contributed by atoms with Crippen molar-refractivity contribution in [1.29, 1.82) is 0 Å². The first kappa shape index (κ1) is 8.24. The minimum atomic E-state index is 0.314. The molecule has 1 aromatic carbocycles. The molecular formula is C13H10NO+. The summed E-state index contributed by atoms with van der Waals surface area (Å²) in [6.45, 7) is 0. The topological polar surface area (TPSA) is 24.3 Å². The van der Waals surface area contributed by atoms with Gasteiger partial charge in [-0.25, -0.2) is 0 Å². The maximum atomic E-state index is 9.85. The summed E-state index contributed by atoms with van der Waals surface area (Å²) in [7, 11) is 0. The van der Waals surface area contributed by atoms with Crippen LogP contribution in [0.5, 0.6) is 5.75 Å². The molecule has 15 heavy (non-hydrogen) atoms. The minimum Gasteiger partial charge on any atom is -0.502 e. The Bertz CT molecular complexity index is 646. The molecule has 0 fully saturated rings. The maximum Gasteiger partial charge on any atom is 0.253 e. The molecule has 0 amide bonds. The Balaban J connectivity index is 2.64. The zero-order valence-electron chi connectivity index (χ0n) is 8.09. The van der Waals surface area contributed by atoms with Gasteiger partial charge in [0.05, 0.1) is 5.39 Å². The first-order valence-electron chi connectivity index (χ1n) is 4.87. The highest BCUT2D eigenvalue weighted by atomic mass is 16.3. The zero-order valence-corrected chi connectivity index (χ0v) is 8.09. The summed E-state index contributed by atoms with van der Waals surface area (Å²) >= 11 is 0. The highest BCUT2D eigenvalue weighted by Crippen LogP contribution is 2.20. The quantitative estimate of drug-likeness (QED) is 0.433. The zero-order chi connectivity index (χ0) is 10.3. The molecule has 0 aliphatic carbocycles. The van der Waals surface area contributed by atoms with Crippen LogP contribution < -0.4 is 4.40 Å². The molecule has 0 unspecified atom stereocenters. The molecule has 1 N–H and O–H groups in total. The van der Waals surface area contributed by atoms with E-state index in [9.17, 15) is 5.11 Å². The van der Waals surface area contributed by atoms with Crippen LogP contribution in [0.25, 0.3) is 16.4 Å². The molecular weight excluding hydrogens is 186 g/mol. The van der Waals surface area contributed by atoms with Crippen molar-refractivity contribution in [3.8, 4) is 5.75 Å². The SMILES string of the molecule is Oc1cc2ccccc2[n+]2ccccc12. The third-order valence-corrected chi connectivity index (χ3v) is 2.61. The summed E-state index contributed by atoms with van der Waals surface area (Å²) in [5.74, 6) is 0.314. The number of pyridine rings is 2. The number of aromatic hydroxyl groups is 1. The number of nitrogens with zero attached hydrogens (tertiary/aromatic N) is 1. The van der Waals surface area contributed by atoms with E-state index in [2.05, 4.69) is 0 Å². The van der Waals surface area contributed by atoms with E-state index >= 15 is 0 Å². The van der Waals surface area contributed by atoms with Crippen LogP contribution in [0.4, 0.5) is 0 Å². The number of aromatic nitrogens is 1. The molecule has 0 bridgehead atoms. The second-order valence-electron chi connectivity index (χ2n) is 3.54. The molecule has 0 radical (unpaired) electrons. The fourth-order valence-electron chi connectivity index (χ4n) is 1.91. The van der Waals surface area contributed by atoms with E-state index in [1.807, 2.05) is 53.1 Å². The molecule has 3 rings (SSSR count). The summed E-state index contributed by atoms with van der Waals surface area (Å²) in [6.07, 6.45) is 1.96. The van der Waals surface area contributed by atoms with Crippen molar-refractivity contribution in [2.24, 2.45) is 0 Å². The summed E-state index contributed by atoms with van der Waals surface area (Å²) in [4.78, 5) is 0. The Morgan fingerprint density at radius 2 is 1.60 bits per heavy atom. The molecule has 2 heteroatoms. The highest BCUT2D eigenvalue weighted by molar-refractivity contribution is 5.80. The monoisotopic (exact) mass is 196 g/mol. The van der Waals surface area contributed by atoms with Crippen LogP contribution in [0.3, 0.4) is 0 Å². The smallest absolute Gasteiger partial charge is 0.253 e. The Kier molecular flexibility index (Phi) is 1.62. The van der Waals surface area contributed by atoms with Crippen LogP contribution in [-0.2, 0) is 0 Å². The number of hydrogen-bond donors (Lipinski definition) is 1. The Morgan fingerprint density at radius 1 is 0.867 bits per heavy atom. The molecule has 2 nitrogen and oxygen atoms in total. The van der Waals surface area contributed by atoms with Gasteiger partial charge in [-0.05, 0) is 12.1 Å². The van der Waals surface area contributed by atoms with E-state index in [1.165, 1.54) is 0 Å². The first-order chi connectivity index (χ1) is 7.36. The normalized spacial score (nSPS) is 10.9. The van der Waals surface area contributed by atoms with Crippen LogP contribution in [0, 0.1) is 0 Å². The molecule has 0 spiro atoms.